The second-order valence-electron chi connectivity index (χ2n) is 5.28. The van der Waals surface area contributed by atoms with Gasteiger partial charge in [-0.3, -0.25) is 9.59 Å². The van der Waals surface area contributed by atoms with Gasteiger partial charge in [-0.05, 0) is 36.4 Å². The molecule has 130 valence electrons. The van der Waals surface area contributed by atoms with Gasteiger partial charge in [0, 0.05) is 0 Å². The first kappa shape index (κ1) is 17.9. The van der Waals surface area contributed by atoms with Crippen LogP contribution in [-0.4, -0.2) is 16.8 Å². The van der Waals surface area contributed by atoms with E-state index < -0.39 is 11.8 Å². The van der Waals surface area contributed by atoms with E-state index in [0.717, 1.165) is 0 Å². The number of nitrogens with zero attached hydrogens (tertiary/aromatic N) is 1. The van der Waals surface area contributed by atoms with Gasteiger partial charge in [0.2, 0.25) is 0 Å². The Morgan fingerprint density at radius 3 is 1.50 bits per heavy atom. The number of benzene rings is 2. The molecule has 0 bridgehead atoms. The van der Waals surface area contributed by atoms with Crippen LogP contribution in [0.2, 0.25) is 10.0 Å². The Hall–Kier alpha value is -2.89. The molecule has 2 N–H and O–H groups in total. The molecular formula is C19H13Cl2N3O2. The predicted molar refractivity (Wildman–Crippen MR) is 103 cm³/mol. The number of hydrogen-bond donors (Lipinski definition) is 2. The van der Waals surface area contributed by atoms with E-state index in [0.29, 0.717) is 21.4 Å². The van der Waals surface area contributed by atoms with Crippen LogP contribution >= 0.6 is 23.2 Å². The molecule has 0 fully saturated rings. The molecule has 0 radical (unpaired) electrons. The quantitative estimate of drug-likeness (QED) is 0.671. The average Bonchev–Trinajstić information content (AvgIpc) is 2.65. The van der Waals surface area contributed by atoms with Gasteiger partial charge >= 0.3 is 0 Å². The van der Waals surface area contributed by atoms with Crippen LogP contribution in [-0.2, 0) is 0 Å². The van der Waals surface area contributed by atoms with Gasteiger partial charge in [-0.15, -0.1) is 0 Å². The van der Waals surface area contributed by atoms with Crippen molar-refractivity contribution in [3.8, 4) is 0 Å². The smallest absolute Gasteiger partial charge is 0.274 e. The summed E-state index contributed by atoms with van der Waals surface area (Å²) >= 11 is 12.1. The van der Waals surface area contributed by atoms with Crippen molar-refractivity contribution in [2.75, 3.05) is 10.6 Å². The Kier molecular flexibility index (Phi) is 5.51. The van der Waals surface area contributed by atoms with Crippen molar-refractivity contribution >= 4 is 46.4 Å². The molecule has 2 aromatic carbocycles. The third kappa shape index (κ3) is 4.20. The van der Waals surface area contributed by atoms with Gasteiger partial charge in [-0.1, -0.05) is 53.5 Å². The first-order chi connectivity index (χ1) is 12.5. The zero-order chi connectivity index (χ0) is 18.5. The van der Waals surface area contributed by atoms with Gasteiger partial charge in [0.05, 0.1) is 21.4 Å². The van der Waals surface area contributed by atoms with Crippen LogP contribution in [0.1, 0.15) is 21.0 Å². The van der Waals surface area contributed by atoms with Crippen LogP contribution in [0.3, 0.4) is 0 Å². The van der Waals surface area contributed by atoms with Crippen LogP contribution in [0.15, 0.2) is 66.7 Å². The van der Waals surface area contributed by atoms with E-state index in [1.807, 2.05) is 0 Å². The second kappa shape index (κ2) is 7.99. The van der Waals surface area contributed by atoms with Gasteiger partial charge in [0.1, 0.15) is 11.4 Å². The van der Waals surface area contributed by atoms with Crippen LogP contribution < -0.4 is 10.6 Å². The lowest BCUT2D eigenvalue weighted by Crippen LogP contribution is -2.18. The molecule has 0 unspecified atom stereocenters. The average molecular weight is 386 g/mol. The zero-order valence-electron chi connectivity index (χ0n) is 13.4. The van der Waals surface area contributed by atoms with Gasteiger partial charge in [0.25, 0.3) is 11.8 Å². The largest absolute Gasteiger partial charge is 0.319 e. The SMILES string of the molecule is O=C(Nc1ccccc1Cl)c1cccc(C(=O)Nc2ccccc2Cl)n1. The maximum Gasteiger partial charge on any atom is 0.274 e. The zero-order valence-corrected chi connectivity index (χ0v) is 14.9. The summed E-state index contributed by atoms with van der Waals surface area (Å²) in [7, 11) is 0. The summed E-state index contributed by atoms with van der Waals surface area (Å²) < 4.78 is 0. The Labute approximate surface area is 160 Å². The topological polar surface area (TPSA) is 71.1 Å². The molecule has 26 heavy (non-hydrogen) atoms. The number of aromatic nitrogens is 1. The highest BCUT2D eigenvalue weighted by atomic mass is 35.5. The molecule has 0 spiro atoms. The molecular weight excluding hydrogens is 373 g/mol. The maximum atomic E-state index is 12.4. The number of para-hydroxylation sites is 2. The summed E-state index contributed by atoms with van der Waals surface area (Å²) in [5, 5.41) is 6.15. The molecule has 2 amide bonds. The van der Waals surface area contributed by atoms with Crippen LogP contribution in [0.5, 0.6) is 0 Å². The third-order valence-corrected chi connectivity index (χ3v) is 4.12. The number of nitrogens with one attached hydrogen (secondary N) is 2. The highest BCUT2D eigenvalue weighted by Gasteiger charge is 2.14. The first-order valence-electron chi connectivity index (χ1n) is 7.63. The van der Waals surface area contributed by atoms with E-state index in [1.54, 1.807) is 54.6 Å². The Morgan fingerprint density at radius 1 is 0.654 bits per heavy atom. The minimum Gasteiger partial charge on any atom is -0.319 e. The molecule has 1 heterocycles. The second-order valence-corrected chi connectivity index (χ2v) is 6.09. The van der Waals surface area contributed by atoms with Crippen molar-refractivity contribution in [1.29, 1.82) is 0 Å². The summed E-state index contributed by atoms with van der Waals surface area (Å²) in [6.45, 7) is 0. The normalized spacial score (nSPS) is 10.2. The van der Waals surface area contributed by atoms with E-state index in [2.05, 4.69) is 15.6 Å². The lowest BCUT2D eigenvalue weighted by molar-refractivity contribution is 0.101. The van der Waals surface area contributed by atoms with Crippen molar-refractivity contribution in [2.24, 2.45) is 0 Å². The van der Waals surface area contributed by atoms with E-state index in [-0.39, 0.29) is 11.4 Å². The van der Waals surface area contributed by atoms with Gasteiger partial charge in [0.15, 0.2) is 0 Å². The molecule has 0 aliphatic rings. The van der Waals surface area contributed by atoms with E-state index in [9.17, 15) is 9.59 Å². The van der Waals surface area contributed by atoms with E-state index >= 15 is 0 Å². The van der Waals surface area contributed by atoms with Crippen molar-refractivity contribution in [3.63, 3.8) is 0 Å². The fourth-order valence-electron chi connectivity index (χ4n) is 2.19. The summed E-state index contributed by atoms with van der Waals surface area (Å²) in [5.74, 6) is -0.934. The summed E-state index contributed by atoms with van der Waals surface area (Å²) in [5.41, 5.74) is 1.12. The molecule has 3 aromatic rings. The van der Waals surface area contributed by atoms with Crippen LogP contribution in [0.4, 0.5) is 11.4 Å². The lowest BCUT2D eigenvalue weighted by atomic mass is 10.2. The highest BCUT2D eigenvalue weighted by Crippen LogP contribution is 2.22. The number of pyridine rings is 1. The number of anilines is 2. The summed E-state index contributed by atoms with van der Waals surface area (Å²) in [4.78, 5) is 28.9. The molecule has 7 heteroatoms. The molecule has 1 aromatic heterocycles. The molecule has 0 saturated carbocycles. The number of hydrogen-bond acceptors (Lipinski definition) is 3. The summed E-state index contributed by atoms with van der Waals surface area (Å²) in [6, 6.07) is 18.3. The fraction of sp³-hybridized carbons (Fsp3) is 0. The fourth-order valence-corrected chi connectivity index (χ4v) is 2.55. The van der Waals surface area contributed by atoms with Crippen molar-refractivity contribution in [3.05, 3.63) is 88.2 Å². The lowest BCUT2D eigenvalue weighted by Gasteiger charge is -2.09. The Morgan fingerprint density at radius 2 is 1.08 bits per heavy atom. The third-order valence-electron chi connectivity index (χ3n) is 3.46. The minimum absolute atomic E-state index is 0.0942. The molecule has 0 atom stereocenters. The molecule has 0 aliphatic heterocycles. The van der Waals surface area contributed by atoms with Crippen molar-refractivity contribution < 1.29 is 9.59 Å². The standard InChI is InChI=1S/C19H13Cl2N3O2/c20-12-6-1-3-8-14(12)23-18(25)16-10-5-11-17(22-16)19(26)24-15-9-4-2-7-13(15)21/h1-11H,(H,23,25)(H,24,26). The minimum atomic E-state index is -0.467. The number of carbonyl (C=O) groups excluding carboxylic acids is 2. The summed E-state index contributed by atoms with van der Waals surface area (Å²) in [6.07, 6.45) is 0. The molecule has 5 nitrogen and oxygen atoms in total. The maximum absolute atomic E-state index is 12.4. The molecule has 0 saturated heterocycles. The van der Waals surface area contributed by atoms with Crippen LogP contribution in [0, 0.1) is 0 Å². The van der Waals surface area contributed by atoms with E-state index in [1.165, 1.54) is 12.1 Å². The number of rotatable bonds is 4. The predicted octanol–water partition coefficient (Wildman–Crippen LogP) is 4.89. The number of amides is 2. The molecule has 3 rings (SSSR count). The Balaban J connectivity index is 1.77. The van der Waals surface area contributed by atoms with Crippen molar-refractivity contribution in [1.82, 2.24) is 4.98 Å². The monoisotopic (exact) mass is 385 g/mol. The highest BCUT2D eigenvalue weighted by molar-refractivity contribution is 6.34. The first-order valence-corrected chi connectivity index (χ1v) is 8.39. The molecule has 0 aliphatic carbocycles. The van der Waals surface area contributed by atoms with Crippen LogP contribution in [0.25, 0.3) is 0 Å². The van der Waals surface area contributed by atoms with Crippen molar-refractivity contribution in [2.45, 2.75) is 0 Å². The van der Waals surface area contributed by atoms with Gasteiger partial charge < -0.3 is 10.6 Å². The van der Waals surface area contributed by atoms with Gasteiger partial charge in [-0.2, -0.15) is 0 Å². The number of halogens is 2. The Bertz CT molecular complexity index is 902. The number of carbonyl (C=O) groups is 2. The van der Waals surface area contributed by atoms with E-state index in [4.69, 9.17) is 23.2 Å². The van der Waals surface area contributed by atoms with Gasteiger partial charge in [-0.25, -0.2) is 4.98 Å².